The molecule has 0 unspecified atom stereocenters. The Kier molecular flexibility index (Phi) is 12.3. The van der Waals surface area contributed by atoms with Gasteiger partial charge in [0, 0.05) is 43.7 Å². The highest BCUT2D eigenvalue weighted by molar-refractivity contribution is 5.91. The number of carbonyl (C=O) groups excluding carboxylic acids is 2. The van der Waals surface area contributed by atoms with E-state index in [1.54, 1.807) is 18.2 Å². The summed E-state index contributed by atoms with van der Waals surface area (Å²) < 4.78 is 13.2. The third-order valence-electron chi connectivity index (χ3n) is 9.13. The molecular formula is C38H47FN4O2. The molecule has 5 rings (SSSR count). The van der Waals surface area contributed by atoms with Gasteiger partial charge in [-0.2, -0.15) is 0 Å². The molecule has 0 bridgehead atoms. The molecule has 1 aliphatic heterocycles. The number of hydrogen-bond acceptors (Lipinski definition) is 4. The summed E-state index contributed by atoms with van der Waals surface area (Å²) in [5, 5.41) is 10.4. The number of hydrogen-bond donors (Lipinski definition) is 3. The maximum absolute atomic E-state index is 14.1. The van der Waals surface area contributed by atoms with Crippen LogP contribution in [0.15, 0.2) is 91.0 Å². The van der Waals surface area contributed by atoms with Crippen LogP contribution in [-0.4, -0.2) is 61.0 Å². The van der Waals surface area contributed by atoms with E-state index in [0.717, 1.165) is 31.4 Å². The number of halogens is 1. The van der Waals surface area contributed by atoms with Gasteiger partial charge in [-0.05, 0) is 73.5 Å². The van der Waals surface area contributed by atoms with Crippen LogP contribution in [0.4, 0.5) is 4.39 Å². The molecule has 2 atom stereocenters. The predicted molar refractivity (Wildman–Crippen MR) is 179 cm³/mol. The number of nitrogens with one attached hydrogen (secondary N) is 3. The molecule has 7 heteroatoms. The molecule has 2 fully saturated rings. The lowest BCUT2D eigenvalue weighted by atomic mass is 9.90. The fourth-order valence-electron chi connectivity index (χ4n) is 6.57. The molecule has 6 nitrogen and oxygen atoms in total. The van der Waals surface area contributed by atoms with Crippen molar-refractivity contribution in [3.63, 3.8) is 0 Å². The van der Waals surface area contributed by atoms with Gasteiger partial charge in [-0.15, -0.1) is 0 Å². The quantitative estimate of drug-likeness (QED) is 0.163. The molecule has 2 aliphatic rings. The van der Waals surface area contributed by atoms with Crippen LogP contribution in [0.1, 0.15) is 74.0 Å². The van der Waals surface area contributed by atoms with Gasteiger partial charge in [-0.25, -0.2) is 4.39 Å². The maximum Gasteiger partial charge on any atom is 0.244 e. The fourth-order valence-corrected chi connectivity index (χ4v) is 6.57. The van der Waals surface area contributed by atoms with Gasteiger partial charge in [0.1, 0.15) is 5.82 Å². The second-order valence-corrected chi connectivity index (χ2v) is 12.4. The number of amides is 2. The average molecular weight is 611 g/mol. The minimum absolute atomic E-state index is 0.0367. The molecule has 1 heterocycles. The van der Waals surface area contributed by atoms with E-state index >= 15 is 0 Å². The van der Waals surface area contributed by atoms with E-state index in [2.05, 4.69) is 64.5 Å². The Bertz CT molecular complexity index is 1320. The van der Waals surface area contributed by atoms with Gasteiger partial charge in [0.25, 0.3) is 0 Å². The Labute approximate surface area is 267 Å². The lowest BCUT2D eigenvalue weighted by Gasteiger charge is -2.29. The first kappa shape index (κ1) is 32.6. The van der Waals surface area contributed by atoms with E-state index in [0.29, 0.717) is 25.7 Å². The monoisotopic (exact) mass is 610 g/mol. The number of rotatable bonds is 13. The summed E-state index contributed by atoms with van der Waals surface area (Å²) in [6.07, 6.45) is 12.0. The smallest absolute Gasteiger partial charge is 0.244 e. The Morgan fingerprint density at radius 1 is 0.911 bits per heavy atom. The molecule has 1 aliphatic carbocycles. The largest absolute Gasteiger partial charge is 0.351 e. The fraction of sp³-hybridized carbons (Fsp3) is 0.421. The van der Waals surface area contributed by atoms with Crippen molar-refractivity contribution >= 4 is 17.9 Å². The highest BCUT2D eigenvalue weighted by Crippen LogP contribution is 2.27. The zero-order chi connectivity index (χ0) is 31.3. The van der Waals surface area contributed by atoms with Gasteiger partial charge in [0.05, 0.1) is 6.04 Å². The van der Waals surface area contributed by atoms with E-state index < -0.39 is 0 Å². The molecule has 3 aromatic carbocycles. The van der Waals surface area contributed by atoms with Gasteiger partial charge in [0.15, 0.2) is 0 Å². The van der Waals surface area contributed by atoms with Crippen LogP contribution in [-0.2, 0) is 9.59 Å². The lowest BCUT2D eigenvalue weighted by molar-refractivity contribution is -0.133. The first-order valence-electron chi connectivity index (χ1n) is 16.6. The lowest BCUT2D eigenvalue weighted by Crippen LogP contribution is -2.49. The minimum Gasteiger partial charge on any atom is -0.351 e. The molecule has 1 saturated heterocycles. The van der Waals surface area contributed by atoms with Crippen LogP contribution in [0.3, 0.4) is 0 Å². The minimum atomic E-state index is -0.315. The SMILES string of the molecule is O=C(C=Cc1ccc(F)cc1)NC[C@@H]1CCN(CC(c2ccccc2)c2ccccc2)C(=O)[C@H](CCCNC2CCCCC2)N1. The van der Waals surface area contributed by atoms with Crippen molar-refractivity contribution in [1.29, 1.82) is 0 Å². The van der Waals surface area contributed by atoms with E-state index in [1.165, 1.54) is 61.4 Å². The van der Waals surface area contributed by atoms with Crippen molar-refractivity contribution < 1.29 is 14.0 Å². The van der Waals surface area contributed by atoms with Crippen molar-refractivity contribution in [2.45, 2.75) is 75.4 Å². The zero-order valence-electron chi connectivity index (χ0n) is 26.2. The molecule has 45 heavy (non-hydrogen) atoms. The van der Waals surface area contributed by atoms with Crippen molar-refractivity contribution in [2.24, 2.45) is 0 Å². The third-order valence-corrected chi connectivity index (χ3v) is 9.13. The summed E-state index contributed by atoms with van der Waals surface area (Å²) in [6.45, 7) is 2.54. The predicted octanol–water partition coefficient (Wildman–Crippen LogP) is 6.05. The van der Waals surface area contributed by atoms with Crippen molar-refractivity contribution in [3.8, 4) is 0 Å². The van der Waals surface area contributed by atoms with Crippen LogP contribution in [0.25, 0.3) is 6.08 Å². The van der Waals surface area contributed by atoms with Crippen LogP contribution in [0.5, 0.6) is 0 Å². The summed E-state index contributed by atoms with van der Waals surface area (Å²) in [4.78, 5) is 28.8. The Balaban J connectivity index is 1.25. The molecule has 0 radical (unpaired) electrons. The van der Waals surface area contributed by atoms with E-state index in [9.17, 15) is 14.0 Å². The summed E-state index contributed by atoms with van der Waals surface area (Å²) in [6, 6.07) is 27.1. The molecule has 1 saturated carbocycles. The summed E-state index contributed by atoms with van der Waals surface area (Å²) >= 11 is 0. The summed E-state index contributed by atoms with van der Waals surface area (Å²) in [5.41, 5.74) is 3.14. The second kappa shape index (κ2) is 17.0. The summed E-state index contributed by atoms with van der Waals surface area (Å²) in [5.74, 6) is -0.319. The first-order chi connectivity index (χ1) is 22.0. The normalized spacial score (nSPS) is 19.6. The Hall–Kier alpha value is -3.81. The average Bonchev–Trinajstić information content (AvgIpc) is 3.23. The van der Waals surface area contributed by atoms with Gasteiger partial charge in [-0.1, -0.05) is 92.1 Å². The van der Waals surface area contributed by atoms with Gasteiger partial charge in [-0.3, -0.25) is 9.59 Å². The molecule has 2 amide bonds. The van der Waals surface area contributed by atoms with E-state index in [-0.39, 0.29) is 35.6 Å². The standard InChI is InChI=1S/C38H47FN4O2/c39-32-21-18-29(19-22-32)20-23-37(44)41-27-34-24-26-43(28-35(30-11-4-1-5-12-30)31-13-6-2-7-14-31)38(45)36(42-34)17-10-25-40-33-15-8-3-9-16-33/h1-2,4-7,11-14,18-23,33-36,40,42H,3,8-10,15-17,24-28H2,(H,41,44)/t34-,36-/m0/s1. The van der Waals surface area contributed by atoms with Crippen LogP contribution < -0.4 is 16.0 Å². The second-order valence-electron chi connectivity index (χ2n) is 12.4. The third kappa shape index (κ3) is 10.1. The van der Waals surface area contributed by atoms with Crippen molar-refractivity contribution in [3.05, 3.63) is 114 Å². The number of nitrogens with zero attached hydrogens (tertiary/aromatic N) is 1. The molecular weight excluding hydrogens is 563 g/mol. The highest BCUT2D eigenvalue weighted by atomic mass is 19.1. The van der Waals surface area contributed by atoms with Crippen molar-refractivity contribution in [1.82, 2.24) is 20.9 Å². The first-order valence-corrected chi connectivity index (χ1v) is 16.6. The van der Waals surface area contributed by atoms with Gasteiger partial charge < -0.3 is 20.9 Å². The Morgan fingerprint density at radius 3 is 2.24 bits per heavy atom. The number of carbonyl (C=O) groups is 2. The molecule has 3 N–H and O–H groups in total. The van der Waals surface area contributed by atoms with Gasteiger partial charge in [0.2, 0.25) is 11.8 Å². The van der Waals surface area contributed by atoms with Crippen molar-refractivity contribution in [2.75, 3.05) is 26.2 Å². The molecule has 238 valence electrons. The molecule has 3 aromatic rings. The van der Waals surface area contributed by atoms with Gasteiger partial charge >= 0.3 is 0 Å². The van der Waals surface area contributed by atoms with E-state index in [4.69, 9.17) is 0 Å². The van der Waals surface area contributed by atoms with Crippen LogP contribution in [0, 0.1) is 5.82 Å². The maximum atomic E-state index is 14.1. The molecule has 0 aromatic heterocycles. The van der Waals surface area contributed by atoms with Crippen LogP contribution >= 0.6 is 0 Å². The van der Waals surface area contributed by atoms with Crippen LogP contribution in [0.2, 0.25) is 0 Å². The summed E-state index contributed by atoms with van der Waals surface area (Å²) in [7, 11) is 0. The zero-order valence-corrected chi connectivity index (χ0v) is 26.2. The topological polar surface area (TPSA) is 73.5 Å². The number of benzene rings is 3. The molecule has 0 spiro atoms. The Morgan fingerprint density at radius 2 is 1.58 bits per heavy atom. The van der Waals surface area contributed by atoms with E-state index in [1.807, 2.05) is 17.0 Å². The highest BCUT2D eigenvalue weighted by Gasteiger charge is 2.32.